The second-order valence-electron chi connectivity index (χ2n) is 6.27. The van der Waals surface area contributed by atoms with Crippen molar-refractivity contribution in [3.63, 3.8) is 0 Å². The van der Waals surface area contributed by atoms with Crippen LogP contribution in [0.1, 0.15) is 5.56 Å². The summed E-state index contributed by atoms with van der Waals surface area (Å²) in [4.78, 5) is 16.8. The van der Waals surface area contributed by atoms with Gasteiger partial charge in [0, 0.05) is 37.4 Å². The highest BCUT2D eigenvalue weighted by molar-refractivity contribution is 6.02. The molecule has 0 aliphatic carbocycles. The Balaban J connectivity index is 1.71. The van der Waals surface area contributed by atoms with Crippen molar-refractivity contribution in [1.82, 2.24) is 4.90 Å². The van der Waals surface area contributed by atoms with Crippen LogP contribution in [0.3, 0.4) is 0 Å². The molecule has 1 aliphatic heterocycles. The first-order valence-electron chi connectivity index (χ1n) is 9.03. The highest BCUT2D eigenvalue weighted by atomic mass is 16.5. The quantitative estimate of drug-likeness (QED) is 0.595. The van der Waals surface area contributed by atoms with Crippen LogP contribution in [0.2, 0.25) is 0 Å². The largest absolute Gasteiger partial charge is 0.478 e. The summed E-state index contributed by atoms with van der Waals surface area (Å²) >= 11 is 0. The van der Waals surface area contributed by atoms with Crippen LogP contribution in [0, 0.1) is 22.7 Å². The van der Waals surface area contributed by atoms with E-state index in [0.717, 1.165) is 18.8 Å². The maximum Gasteiger partial charge on any atom is 0.264 e. The number of nitrogens with zero attached hydrogens (tertiary/aromatic N) is 4. The number of carbonyl (C=O) groups excluding carboxylic acids is 1. The number of rotatable bonds is 5. The second kappa shape index (κ2) is 9.25. The van der Waals surface area contributed by atoms with Gasteiger partial charge in [0.1, 0.15) is 23.5 Å². The van der Waals surface area contributed by atoms with Crippen LogP contribution in [0.15, 0.2) is 60.2 Å². The maximum atomic E-state index is 12.8. The summed E-state index contributed by atoms with van der Waals surface area (Å²) in [7, 11) is 0. The first-order chi connectivity index (χ1) is 13.7. The summed E-state index contributed by atoms with van der Waals surface area (Å²) < 4.78 is 5.37. The molecule has 3 rings (SSSR count). The fraction of sp³-hybridized carbons (Fsp3) is 0.227. The molecule has 0 spiro atoms. The molecule has 6 nitrogen and oxygen atoms in total. The van der Waals surface area contributed by atoms with E-state index in [2.05, 4.69) is 17.0 Å². The lowest BCUT2D eigenvalue weighted by Crippen LogP contribution is -2.49. The number of piperazine rings is 1. The minimum Gasteiger partial charge on any atom is -0.478 e. The minimum atomic E-state index is -0.287. The van der Waals surface area contributed by atoms with E-state index in [1.54, 1.807) is 29.2 Å². The van der Waals surface area contributed by atoms with Crippen molar-refractivity contribution in [2.24, 2.45) is 0 Å². The van der Waals surface area contributed by atoms with Crippen LogP contribution in [0.25, 0.3) is 6.08 Å². The predicted molar refractivity (Wildman–Crippen MR) is 106 cm³/mol. The smallest absolute Gasteiger partial charge is 0.264 e. The van der Waals surface area contributed by atoms with Gasteiger partial charge >= 0.3 is 0 Å². The van der Waals surface area contributed by atoms with Gasteiger partial charge in [-0.2, -0.15) is 10.5 Å². The van der Waals surface area contributed by atoms with Gasteiger partial charge in [0.05, 0.1) is 0 Å². The molecule has 0 radical (unpaired) electrons. The fourth-order valence-electron chi connectivity index (χ4n) is 3.12. The lowest BCUT2D eigenvalue weighted by molar-refractivity contribution is -0.126. The maximum absolute atomic E-state index is 12.8. The van der Waals surface area contributed by atoms with Crippen molar-refractivity contribution in [2.45, 2.75) is 0 Å². The fourth-order valence-corrected chi connectivity index (χ4v) is 3.12. The molecule has 1 saturated heterocycles. The molecule has 1 amide bonds. The Kier molecular flexibility index (Phi) is 6.28. The van der Waals surface area contributed by atoms with Crippen LogP contribution in [-0.4, -0.2) is 43.6 Å². The van der Waals surface area contributed by atoms with Crippen molar-refractivity contribution < 1.29 is 9.53 Å². The normalized spacial score (nSPS) is 14.1. The van der Waals surface area contributed by atoms with Crippen LogP contribution >= 0.6 is 0 Å². The lowest BCUT2D eigenvalue weighted by atomic mass is 10.1. The number of amides is 1. The highest BCUT2D eigenvalue weighted by Gasteiger charge is 2.24. The summed E-state index contributed by atoms with van der Waals surface area (Å²) in [6.07, 6.45) is 1.53. The third-order valence-corrected chi connectivity index (χ3v) is 4.55. The first kappa shape index (κ1) is 19.0. The third kappa shape index (κ3) is 4.49. The van der Waals surface area contributed by atoms with E-state index in [-0.39, 0.29) is 18.1 Å². The number of para-hydroxylation sites is 2. The van der Waals surface area contributed by atoms with Gasteiger partial charge in [0.15, 0.2) is 6.61 Å². The molecule has 2 aromatic carbocycles. The van der Waals surface area contributed by atoms with Crippen molar-refractivity contribution >= 4 is 17.7 Å². The molecule has 1 fully saturated rings. The van der Waals surface area contributed by atoms with Crippen molar-refractivity contribution in [1.29, 1.82) is 10.5 Å². The number of carbonyl (C=O) groups is 1. The van der Waals surface area contributed by atoms with Crippen LogP contribution < -0.4 is 9.64 Å². The number of ether oxygens (including phenoxy) is 1. The van der Waals surface area contributed by atoms with Crippen molar-refractivity contribution in [2.75, 3.05) is 37.7 Å². The van der Waals surface area contributed by atoms with Gasteiger partial charge in [-0.25, -0.2) is 0 Å². The molecule has 0 unspecified atom stereocenters. The molecule has 0 saturated carbocycles. The van der Waals surface area contributed by atoms with Gasteiger partial charge < -0.3 is 14.5 Å². The van der Waals surface area contributed by atoms with E-state index in [1.807, 2.05) is 30.3 Å². The van der Waals surface area contributed by atoms with E-state index < -0.39 is 0 Å². The molecule has 2 aromatic rings. The van der Waals surface area contributed by atoms with E-state index in [0.29, 0.717) is 24.4 Å². The Hall–Kier alpha value is -3.77. The third-order valence-electron chi connectivity index (χ3n) is 4.55. The Morgan fingerprint density at radius 3 is 2.36 bits per heavy atom. The summed E-state index contributed by atoms with van der Waals surface area (Å²) in [6.45, 7) is 2.45. The zero-order chi connectivity index (χ0) is 19.8. The monoisotopic (exact) mass is 372 g/mol. The molecule has 1 aliphatic rings. The Labute approximate surface area is 164 Å². The molecule has 0 atom stereocenters. The van der Waals surface area contributed by atoms with Gasteiger partial charge in [-0.05, 0) is 24.3 Å². The number of hydrogen-bond acceptors (Lipinski definition) is 5. The molecular weight excluding hydrogens is 352 g/mol. The second-order valence-corrected chi connectivity index (χ2v) is 6.27. The zero-order valence-corrected chi connectivity index (χ0v) is 15.4. The SMILES string of the molecule is N#CCOc1ccccc1/C=C(/C#N)C(=O)N1CCN(c2ccccc2)CC1. The van der Waals surface area contributed by atoms with E-state index in [4.69, 9.17) is 10.00 Å². The number of benzene rings is 2. The molecule has 28 heavy (non-hydrogen) atoms. The standard InChI is InChI=1S/C22H20N4O2/c23-10-15-28-21-9-5-4-6-18(21)16-19(17-24)22(27)26-13-11-25(12-14-26)20-7-2-1-3-8-20/h1-9,16H,11-15H2/b19-16-. The number of hydrogen-bond donors (Lipinski definition) is 0. The summed E-state index contributed by atoms with van der Waals surface area (Å²) in [6, 6.07) is 21.0. The Morgan fingerprint density at radius 1 is 1.00 bits per heavy atom. The van der Waals surface area contributed by atoms with Gasteiger partial charge in [-0.1, -0.05) is 36.4 Å². The number of anilines is 1. The van der Waals surface area contributed by atoms with Crippen molar-refractivity contribution in [3.05, 3.63) is 65.7 Å². The van der Waals surface area contributed by atoms with E-state index in [9.17, 15) is 10.1 Å². The van der Waals surface area contributed by atoms with E-state index in [1.165, 1.54) is 6.08 Å². The van der Waals surface area contributed by atoms with Crippen LogP contribution in [0.4, 0.5) is 5.69 Å². The average molecular weight is 372 g/mol. The molecule has 0 bridgehead atoms. The minimum absolute atomic E-state index is 0.0566. The molecule has 0 aromatic heterocycles. The number of nitriles is 2. The zero-order valence-electron chi connectivity index (χ0n) is 15.4. The van der Waals surface area contributed by atoms with Gasteiger partial charge in [-0.3, -0.25) is 4.79 Å². The molecule has 6 heteroatoms. The summed E-state index contributed by atoms with van der Waals surface area (Å²) in [5.41, 5.74) is 1.79. The molecular formula is C22H20N4O2. The lowest BCUT2D eigenvalue weighted by Gasteiger charge is -2.36. The summed E-state index contributed by atoms with van der Waals surface area (Å²) in [5, 5.41) is 18.2. The van der Waals surface area contributed by atoms with Crippen LogP contribution in [-0.2, 0) is 4.79 Å². The first-order valence-corrected chi connectivity index (χ1v) is 9.03. The highest BCUT2D eigenvalue weighted by Crippen LogP contribution is 2.22. The molecule has 1 heterocycles. The van der Waals surface area contributed by atoms with E-state index >= 15 is 0 Å². The van der Waals surface area contributed by atoms with Crippen molar-refractivity contribution in [3.8, 4) is 17.9 Å². The van der Waals surface area contributed by atoms with Gasteiger partial charge in [0.25, 0.3) is 5.91 Å². The Bertz CT molecular complexity index is 933. The topological polar surface area (TPSA) is 80.4 Å². The summed E-state index contributed by atoms with van der Waals surface area (Å²) in [5.74, 6) is 0.184. The van der Waals surface area contributed by atoms with Crippen LogP contribution in [0.5, 0.6) is 5.75 Å². The van der Waals surface area contributed by atoms with Gasteiger partial charge in [-0.15, -0.1) is 0 Å². The molecule has 0 N–H and O–H groups in total. The average Bonchev–Trinajstić information content (AvgIpc) is 2.77. The van der Waals surface area contributed by atoms with Gasteiger partial charge in [0.2, 0.25) is 0 Å². The molecule has 140 valence electrons. The predicted octanol–water partition coefficient (Wildman–Crippen LogP) is 2.84. The Morgan fingerprint density at radius 2 is 1.68 bits per heavy atom.